The summed E-state index contributed by atoms with van der Waals surface area (Å²) in [6.07, 6.45) is 3.12. The summed E-state index contributed by atoms with van der Waals surface area (Å²) >= 11 is 0. The zero-order valence-electron chi connectivity index (χ0n) is 7.56. The van der Waals surface area contributed by atoms with Crippen LogP contribution in [0.4, 0.5) is 4.39 Å². The lowest BCUT2D eigenvalue weighted by molar-refractivity contribution is 0.0251. The molecule has 2 atom stereocenters. The minimum absolute atomic E-state index is 0.0394. The maximum absolute atomic E-state index is 12.9. The molecule has 0 saturated carbocycles. The van der Waals surface area contributed by atoms with E-state index in [1.165, 1.54) is 12.1 Å². The zero-order valence-corrected chi connectivity index (χ0v) is 7.56. The Morgan fingerprint density at radius 3 is 2.86 bits per heavy atom. The molecule has 0 bridgehead atoms. The molecule has 1 aliphatic rings. The quantitative estimate of drug-likeness (QED) is 0.727. The Kier molecular flexibility index (Phi) is 2.61. The fourth-order valence-corrected chi connectivity index (χ4v) is 1.48. The molecular weight excluding hydrogens is 183 g/mol. The molecule has 1 heterocycles. The first-order valence-corrected chi connectivity index (χ1v) is 4.49. The van der Waals surface area contributed by atoms with Crippen LogP contribution in [0.1, 0.15) is 11.7 Å². The second-order valence-electron chi connectivity index (χ2n) is 3.22. The Morgan fingerprint density at radius 1 is 1.36 bits per heavy atom. The van der Waals surface area contributed by atoms with Gasteiger partial charge in [0.25, 0.3) is 0 Å². The van der Waals surface area contributed by atoms with E-state index < -0.39 is 0 Å². The van der Waals surface area contributed by atoms with E-state index >= 15 is 0 Å². The van der Waals surface area contributed by atoms with Gasteiger partial charge in [0.1, 0.15) is 11.9 Å². The fourth-order valence-electron chi connectivity index (χ4n) is 1.48. The lowest BCUT2D eigenvalue weighted by Gasteiger charge is -2.12. The lowest BCUT2D eigenvalue weighted by atomic mass is 10.1. The number of benzene rings is 1. The number of rotatable bonds is 2. The predicted octanol–water partition coefficient (Wildman–Crippen LogP) is 1.81. The number of halogens is 1. The monoisotopic (exact) mass is 194 g/mol. The maximum Gasteiger partial charge on any atom is 0.123 e. The van der Waals surface area contributed by atoms with Crippen molar-refractivity contribution in [2.24, 2.45) is 0 Å². The number of aliphatic hydroxyl groups excluding tert-OH is 1. The molecule has 14 heavy (non-hydrogen) atoms. The number of aliphatic hydroxyl groups is 1. The van der Waals surface area contributed by atoms with E-state index in [4.69, 9.17) is 9.84 Å². The van der Waals surface area contributed by atoms with Crippen LogP contribution in [0.15, 0.2) is 36.4 Å². The van der Waals surface area contributed by atoms with Crippen molar-refractivity contribution in [2.75, 3.05) is 6.61 Å². The first-order valence-electron chi connectivity index (χ1n) is 4.49. The third-order valence-electron chi connectivity index (χ3n) is 2.18. The van der Waals surface area contributed by atoms with Gasteiger partial charge in [0, 0.05) is 0 Å². The number of ether oxygens (including phenoxy) is 1. The second kappa shape index (κ2) is 3.90. The van der Waals surface area contributed by atoms with Crippen molar-refractivity contribution in [2.45, 2.75) is 12.2 Å². The van der Waals surface area contributed by atoms with E-state index in [-0.39, 0.29) is 24.6 Å². The summed E-state index contributed by atoms with van der Waals surface area (Å²) in [5, 5.41) is 8.83. The van der Waals surface area contributed by atoms with Gasteiger partial charge in [-0.05, 0) is 17.7 Å². The van der Waals surface area contributed by atoms with Crippen LogP contribution < -0.4 is 0 Å². The molecule has 0 saturated heterocycles. The topological polar surface area (TPSA) is 29.5 Å². The first kappa shape index (κ1) is 9.37. The van der Waals surface area contributed by atoms with Gasteiger partial charge in [-0.1, -0.05) is 24.3 Å². The predicted molar refractivity (Wildman–Crippen MR) is 50.2 cm³/mol. The minimum atomic E-state index is -0.271. The van der Waals surface area contributed by atoms with Crippen molar-refractivity contribution in [1.82, 2.24) is 0 Å². The van der Waals surface area contributed by atoms with Gasteiger partial charge in [0.2, 0.25) is 0 Å². The highest BCUT2D eigenvalue weighted by Gasteiger charge is 2.19. The molecule has 0 aromatic heterocycles. The Morgan fingerprint density at radius 2 is 2.21 bits per heavy atom. The van der Waals surface area contributed by atoms with Crippen molar-refractivity contribution < 1.29 is 14.2 Å². The maximum atomic E-state index is 12.9. The van der Waals surface area contributed by atoms with Crippen molar-refractivity contribution in [3.63, 3.8) is 0 Å². The molecule has 0 radical (unpaired) electrons. The molecule has 0 amide bonds. The van der Waals surface area contributed by atoms with Crippen LogP contribution in [-0.4, -0.2) is 17.8 Å². The van der Waals surface area contributed by atoms with Crippen LogP contribution in [0.3, 0.4) is 0 Å². The highest BCUT2D eigenvalue weighted by atomic mass is 19.1. The highest BCUT2D eigenvalue weighted by molar-refractivity contribution is 5.24. The Balaban J connectivity index is 2.14. The van der Waals surface area contributed by atoms with Crippen molar-refractivity contribution >= 4 is 0 Å². The third kappa shape index (κ3) is 1.84. The standard InChI is InChI=1S/C11H11FO2/c12-9-3-1-2-8(6-9)11-5-4-10(7-13)14-11/h1-6,10-11,13H,7H2/t10-,11-/m1/s1. The molecule has 1 aliphatic heterocycles. The van der Waals surface area contributed by atoms with Crippen molar-refractivity contribution in [3.8, 4) is 0 Å². The Hall–Kier alpha value is -1.19. The van der Waals surface area contributed by atoms with Crippen LogP contribution in [0.25, 0.3) is 0 Å². The summed E-state index contributed by atoms with van der Waals surface area (Å²) in [6, 6.07) is 6.28. The molecule has 0 fully saturated rings. The van der Waals surface area contributed by atoms with Crippen LogP contribution in [0, 0.1) is 5.82 Å². The smallest absolute Gasteiger partial charge is 0.123 e. The molecule has 1 aromatic carbocycles. The highest BCUT2D eigenvalue weighted by Crippen LogP contribution is 2.26. The van der Waals surface area contributed by atoms with E-state index in [1.807, 2.05) is 6.08 Å². The minimum Gasteiger partial charge on any atom is -0.393 e. The van der Waals surface area contributed by atoms with E-state index in [0.29, 0.717) is 0 Å². The first-order chi connectivity index (χ1) is 6.79. The van der Waals surface area contributed by atoms with E-state index in [1.54, 1.807) is 18.2 Å². The van der Waals surface area contributed by atoms with Crippen LogP contribution in [0.5, 0.6) is 0 Å². The normalized spacial score (nSPS) is 25.6. The molecule has 0 spiro atoms. The summed E-state index contributed by atoms with van der Waals surface area (Å²) in [5.41, 5.74) is 0.775. The van der Waals surface area contributed by atoms with Crippen LogP contribution in [0.2, 0.25) is 0 Å². The molecule has 2 nitrogen and oxygen atoms in total. The van der Waals surface area contributed by atoms with Gasteiger partial charge in [0.15, 0.2) is 0 Å². The van der Waals surface area contributed by atoms with E-state index in [9.17, 15) is 4.39 Å². The molecule has 3 heteroatoms. The van der Waals surface area contributed by atoms with Gasteiger partial charge in [-0.3, -0.25) is 0 Å². The van der Waals surface area contributed by atoms with Gasteiger partial charge in [-0.2, -0.15) is 0 Å². The summed E-state index contributed by atoms with van der Waals surface area (Å²) in [5.74, 6) is -0.271. The number of hydrogen-bond donors (Lipinski definition) is 1. The summed E-state index contributed by atoms with van der Waals surface area (Å²) in [6.45, 7) is -0.0394. The SMILES string of the molecule is OC[C@H]1C=C[C@H](c2cccc(F)c2)O1. The average Bonchev–Trinajstić information content (AvgIpc) is 2.66. The molecule has 0 aliphatic carbocycles. The Labute approximate surface area is 81.6 Å². The zero-order chi connectivity index (χ0) is 9.97. The van der Waals surface area contributed by atoms with E-state index in [0.717, 1.165) is 5.56 Å². The molecule has 74 valence electrons. The van der Waals surface area contributed by atoms with Crippen molar-refractivity contribution in [1.29, 1.82) is 0 Å². The molecule has 0 unspecified atom stereocenters. The van der Waals surface area contributed by atoms with Gasteiger partial charge >= 0.3 is 0 Å². The van der Waals surface area contributed by atoms with Crippen LogP contribution in [-0.2, 0) is 4.74 Å². The summed E-state index contributed by atoms with van der Waals surface area (Å²) < 4.78 is 18.3. The second-order valence-corrected chi connectivity index (χ2v) is 3.22. The summed E-state index contributed by atoms with van der Waals surface area (Å²) in [7, 11) is 0. The molecule has 1 aromatic rings. The van der Waals surface area contributed by atoms with Gasteiger partial charge in [-0.25, -0.2) is 4.39 Å². The van der Waals surface area contributed by atoms with Gasteiger partial charge < -0.3 is 9.84 Å². The van der Waals surface area contributed by atoms with Gasteiger partial charge in [0.05, 0.1) is 12.7 Å². The molecular formula is C11H11FO2. The van der Waals surface area contributed by atoms with Crippen LogP contribution >= 0.6 is 0 Å². The Bertz CT molecular complexity index is 349. The lowest BCUT2D eigenvalue weighted by Crippen LogP contribution is -2.11. The average molecular weight is 194 g/mol. The largest absolute Gasteiger partial charge is 0.393 e. The third-order valence-corrected chi connectivity index (χ3v) is 2.18. The molecule has 1 N–H and O–H groups in total. The van der Waals surface area contributed by atoms with Gasteiger partial charge in [-0.15, -0.1) is 0 Å². The molecule has 2 rings (SSSR count). The summed E-state index contributed by atoms with van der Waals surface area (Å²) in [4.78, 5) is 0. The van der Waals surface area contributed by atoms with E-state index in [2.05, 4.69) is 0 Å². The number of hydrogen-bond acceptors (Lipinski definition) is 2. The van der Waals surface area contributed by atoms with Crippen molar-refractivity contribution in [3.05, 3.63) is 47.8 Å². The fraction of sp³-hybridized carbons (Fsp3) is 0.273.